The average Bonchev–Trinajstić information content (AvgIpc) is 0.674. The second-order valence-corrected chi connectivity index (χ2v) is 33.8. The highest BCUT2D eigenvalue weighted by Crippen LogP contribution is 2.76. The van der Waals surface area contributed by atoms with Crippen LogP contribution in [0.1, 0.15) is 127 Å². The van der Waals surface area contributed by atoms with E-state index in [1.165, 1.54) is 19.4 Å². The predicted molar refractivity (Wildman–Crippen MR) is 346 cm³/mol. The quantitative estimate of drug-likeness (QED) is 0.0368. The zero-order chi connectivity index (χ0) is 75.7. The predicted octanol–water partition coefficient (Wildman–Crippen LogP) is -5.23. The molecule has 0 aromatic heterocycles. The molecule has 4 saturated carbocycles. The van der Waals surface area contributed by atoms with Crippen molar-refractivity contribution in [2.45, 2.75) is 335 Å². The van der Waals surface area contributed by atoms with Crippen molar-refractivity contribution in [3.8, 4) is 0 Å². The van der Waals surface area contributed by atoms with Gasteiger partial charge in [0.25, 0.3) is 0 Å². The first-order valence-corrected chi connectivity index (χ1v) is 36.9. The molecule has 0 amide bonds. The van der Waals surface area contributed by atoms with Crippen molar-refractivity contribution in [2.75, 3.05) is 33.0 Å². The molecular formula is C70H114O34. The maximum Gasteiger partial charge on any atom is 0.315 e. The lowest BCUT2D eigenvalue weighted by molar-refractivity contribution is -0.382. The van der Waals surface area contributed by atoms with Crippen LogP contribution in [0.4, 0.5) is 0 Å². The van der Waals surface area contributed by atoms with E-state index >= 15 is 4.79 Å². The van der Waals surface area contributed by atoms with Gasteiger partial charge in [-0.2, -0.15) is 0 Å². The van der Waals surface area contributed by atoms with Gasteiger partial charge in [0, 0.05) is 0 Å². The second kappa shape index (κ2) is 30.8. The van der Waals surface area contributed by atoms with Crippen LogP contribution in [0.5, 0.6) is 0 Å². The smallest absolute Gasteiger partial charge is 0.315 e. The molecular weight excluding hydrogens is 1380 g/mol. The Morgan fingerprint density at radius 1 is 0.462 bits per heavy atom. The van der Waals surface area contributed by atoms with Gasteiger partial charge in [-0.3, -0.25) is 4.79 Å². The number of allylic oxidation sites excluding steroid dienone is 2. The van der Waals surface area contributed by atoms with E-state index in [9.17, 15) is 97.0 Å². The number of esters is 1. The summed E-state index contributed by atoms with van der Waals surface area (Å²) < 4.78 is 83.2. The van der Waals surface area contributed by atoms with Crippen LogP contribution >= 0.6 is 0 Å². The summed E-state index contributed by atoms with van der Waals surface area (Å²) in [5, 5.41) is 207. The number of rotatable bonds is 17. The van der Waals surface area contributed by atoms with Crippen molar-refractivity contribution in [1.29, 1.82) is 0 Å². The second-order valence-electron chi connectivity index (χ2n) is 33.8. The number of ether oxygens (including phenoxy) is 14. The van der Waals surface area contributed by atoms with Crippen molar-refractivity contribution in [1.82, 2.24) is 0 Å². The first kappa shape index (κ1) is 81.4. The van der Waals surface area contributed by atoms with Crippen molar-refractivity contribution in [3.63, 3.8) is 0 Å². The number of fused-ring (bicyclic) bond motifs is 7. The van der Waals surface area contributed by atoms with Gasteiger partial charge in [-0.15, -0.1) is 0 Å². The molecule has 0 radical (unpaired) electrons. The van der Waals surface area contributed by atoms with Crippen LogP contribution in [0, 0.1) is 50.2 Å². The standard InChI is InChI=1S/C70H114O34/c1-26-38(74)44(80)49(85)59(94-26)101-54-32(22-72)97-57(52(88)47(54)83)92-24-33-42(78)46(82)51(87)61(99-33)104-64(90)70-18-16-65(3,4)20-29(70)28-10-11-36-67(7)14-13-37(66(5,6)35(67)12-15-69(36,9)68(28,8)17-19-70)100-63-56(40(76)30(73)23-91-63)103-62-53(89)55(39(75)27(2)95-62)102-58-48(84)43(79)34(25-93-58)98-60-50(86)45(81)41(77)31(21-71)96-60/h10,26-27,29-63,71-89H,11-25H2,1-9H3/t26?,27?,29-,30?,31?,32?,33?,34?,35-,36+,37?,38?,39?,40?,41?,42?,43?,44?,45?,46?,47?,48?,49?,50?,51?,52?,53?,54?,55?,56?,57?,58?,59?,60?,61?,62?,63?,67-,68+,69+,70-/m0/s1. The van der Waals surface area contributed by atoms with Crippen LogP contribution in [-0.2, 0) is 71.1 Å². The van der Waals surface area contributed by atoms with Crippen LogP contribution in [0.25, 0.3) is 0 Å². The minimum atomic E-state index is -1.92. The first-order valence-electron chi connectivity index (χ1n) is 36.9. The summed E-state index contributed by atoms with van der Waals surface area (Å²) in [6.45, 7) is 15.6. The van der Waals surface area contributed by atoms with E-state index in [2.05, 4.69) is 54.5 Å². The van der Waals surface area contributed by atoms with Crippen molar-refractivity contribution in [2.24, 2.45) is 50.2 Å². The molecule has 41 atom stereocenters. The molecule has 7 heterocycles. The lowest BCUT2D eigenvalue weighted by Gasteiger charge is -2.71. The number of aliphatic hydroxyl groups is 19. The fourth-order valence-corrected chi connectivity index (χ4v) is 20.2. The summed E-state index contributed by atoms with van der Waals surface area (Å²) in [7, 11) is 0. The molecule has 34 nitrogen and oxygen atoms in total. The fraction of sp³-hybridized carbons (Fsp3) is 0.957. The number of hydrogen-bond donors (Lipinski definition) is 19. The molecule has 19 N–H and O–H groups in total. The topological polar surface area (TPSA) is 531 Å². The van der Waals surface area contributed by atoms with Gasteiger partial charge < -0.3 is 163 Å². The molecule has 0 aromatic carbocycles. The Hall–Kier alpha value is -2.07. The highest BCUT2D eigenvalue weighted by Gasteiger charge is 2.71. The van der Waals surface area contributed by atoms with E-state index in [-0.39, 0.29) is 40.6 Å². The Balaban J connectivity index is 0.696. The molecule has 598 valence electrons. The van der Waals surface area contributed by atoms with Crippen LogP contribution in [0.15, 0.2) is 11.6 Å². The van der Waals surface area contributed by atoms with E-state index in [1.807, 2.05) is 0 Å². The molecule has 104 heavy (non-hydrogen) atoms. The van der Waals surface area contributed by atoms with Crippen molar-refractivity contribution < 1.29 is 168 Å². The molecule has 11 fully saturated rings. The number of carbonyl (C=O) groups excluding carboxylic acids is 1. The minimum absolute atomic E-state index is 0.0702. The Bertz CT molecular complexity index is 2950. The Labute approximate surface area is 602 Å². The molecule has 12 aliphatic rings. The van der Waals surface area contributed by atoms with E-state index in [1.54, 1.807) is 0 Å². The summed E-state index contributed by atoms with van der Waals surface area (Å²) in [5.74, 6) is -0.720. The first-order chi connectivity index (χ1) is 48.8. The zero-order valence-electron chi connectivity index (χ0n) is 60.2. The van der Waals surface area contributed by atoms with Gasteiger partial charge >= 0.3 is 5.97 Å². The molecule has 5 aliphatic carbocycles. The molecule has 34 unspecified atom stereocenters. The lowest BCUT2D eigenvalue weighted by atomic mass is 9.33. The molecule has 7 aliphatic heterocycles. The maximum absolute atomic E-state index is 15.4. The Morgan fingerprint density at radius 3 is 1.68 bits per heavy atom. The number of aliphatic hydroxyl groups excluding tert-OH is 19. The van der Waals surface area contributed by atoms with E-state index in [0.29, 0.717) is 44.9 Å². The summed E-state index contributed by atoms with van der Waals surface area (Å²) in [6.07, 6.45) is -45.9. The molecule has 12 rings (SSSR count). The minimum Gasteiger partial charge on any atom is -0.432 e. The van der Waals surface area contributed by atoms with E-state index < -0.39 is 257 Å². The van der Waals surface area contributed by atoms with Crippen LogP contribution in [-0.4, -0.2) is 345 Å². The van der Waals surface area contributed by atoms with Gasteiger partial charge in [0.2, 0.25) is 6.29 Å². The van der Waals surface area contributed by atoms with E-state index in [4.69, 9.17) is 66.3 Å². The largest absolute Gasteiger partial charge is 0.432 e. The summed E-state index contributed by atoms with van der Waals surface area (Å²) in [6, 6.07) is 0. The Kier molecular flexibility index (Phi) is 24.1. The maximum atomic E-state index is 15.4. The summed E-state index contributed by atoms with van der Waals surface area (Å²) in [5.41, 5.74) is -1.63. The highest BCUT2D eigenvalue weighted by molar-refractivity contribution is 5.79. The van der Waals surface area contributed by atoms with Crippen LogP contribution in [0.3, 0.4) is 0 Å². The molecule has 0 spiro atoms. The van der Waals surface area contributed by atoms with Gasteiger partial charge in [0.05, 0.1) is 56.8 Å². The van der Waals surface area contributed by atoms with Gasteiger partial charge in [-0.05, 0) is 123 Å². The van der Waals surface area contributed by atoms with Gasteiger partial charge in [-0.25, -0.2) is 0 Å². The van der Waals surface area contributed by atoms with Gasteiger partial charge in [0.1, 0.15) is 146 Å². The van der Waals surface area contributed by atoms with Crippen molar-refractivity contribution in [3.05, 3.63) is 11.6 Å². The average molecular weight is 1500 g/mol. The van der Waals surface area contributed by atoms with Crippen molar-refractivity contribution >= 4 is 5.97 Å². The SMILES string of the molecule is CC1OC(OC2C(CO)OC(OCC3OC(OC(=O)[C@]45CCC(C)(C)C[C@H]4C4=CC[C@@H]6[C@@]7(C)CCC(OC8OCC(O)C(O)C8OC8OC(C)C(O)C(OC9OCC(OC%10OC(CO)C(O)C(O)C%10O)C(O)C9O)C8O)C(C)(C)[C@@H]7CC[C@@]6(C)[C@]4(C)CC5)C(O)C(O)C3O)C(O)C2O)C(O)C(O)C1O. The molecule has 34 heteroatoms. The molecule has 7 saturated heterocycles. The lowest BCUT2D eigenvalue weighted by Crippen LogP contribution is -2.66. The normalized spacial score (nSPS) is 54.7. The molecule has 0 bridgehead atoms. The monoisotopic (exact) mass is 1500 g/mol. The number of carbonyl (C=O) groups is 1. The van der Waals surface area contributed by atoms with Gasteiger partial charge in [-0.1, -0.05) is 60.1 Å². The third-order valence-electron chi connectivity index (χ3n) is 26.9. The summed E-state index contributed by atoms with van der Waals surface area (Å²) >= 11 is 0. The highest BCUT2D eigenvalue weighted by atomic mass is 16.8. The number of hydrogen-bond acceptors (Lipinski definition) is 34. The third-order valence-corrected chi connectivity index (χ3v) is 26.9. The third kappa shape index (κ3) is 14.3. The zero-order valence-corrected chi connectivity index (χ0v) is 60.2. The van der Waals surface area contributed by atoms with Crippen LogP contribution < -0.4 is 0 Å². The Morgan fingerprint density at radius 2 is 1.01 bits per heavy atom. The fourth-order valence-electron chi connectivity index (χ4n) is 20.2. The summed E-state index contributed by atoms with van der Waals surface area (Å²) in [4.78, 5) is 15.4. The molecule has 0 aromatic rings. The van der Waals surface area contributed by atoms with Crippen LogP contribution in [0.2, 0.25) is 0 Å². The van der Waals surface area contributed by atoms with E-state index in [0.717, 1.165) is 19.3 Å². The van der Waals surface area contributed by atoms with Gasteiger partial charge in [0.15, 0.2) is 37.7 Å².